The summed E-state index contributed by atoms with van der Waals surface area (Å²) in [6.45, 7) is 9.51. The molecule has 0 amide bonds. The molecule has 0 aromatic carbocycles. The van der Waals surface area contributed by atoms with Crippen LogP contribution in [0.4, 0.5) is 0 Å². The van der Waals surface area contributed by atoms with Crippen molar-refractivity contribution in [2.75, 3.05) is 6.61 Å². The predicted octanol–water partition coefficient (Wildman–Crippen LogP) is -0.0274. The molecule has 1 heterocycles. The van der Waals surface area contributed by atoms with Gasteiger partial charge in [-0.2, -0.15) is 0 Å². The Morgan fingerprint density at radius 3 is 1.88 bits per heavy atom. The van der Waals surface area contributed by atoms with Gasteiger partial charge in [-0.05, 0) is 41.5 Å². The van der Waals surface area contributed by atoms with Crippen LogP contribution in [0, 0.1) is 10.8 Å². The van der Waals surface area contributed by atoms with Crippen LogP contribution in [0.15, 0.2) is 0 Å². The van der Waals surface area contributed by atoms with E-state index in [2.05, 4.69) is 0 Å². The summed E-state index contributed by atoms with van der Waals surface area (Å²) >= 11 is 0. The fourth-order valence-electron chi connectivity index (χ4n) is 1.87. The van der Waals surface area contributed by atoms with Crippen molar-refractivity contribution in [1.29, 1.82) is 0 Å². The standard InChI is InChI=1S/C16H28O8/c1-15(2,3)13(20)22-7-8-9(17)11(10(18)12(19)23-8)24-14(21)16(4,5)6/h8-12,17-19H,7H2,1-6H3/t8-,9-,10+,11+,12+/m1/s1. The van der Waals surface area contributed by atoms with E-state index in [4.69, 9.17) is 14.2 Å². The molecule has 0 saturated carbocycles. The van der Waals surface area contributed by atoms with Crippen LogP contribution in [0.3, 0.4) is 0 Å². The average Bonchev–Trinajstić information content (AvgIpc) is 2.43. The lowest BCUT2D eigenvalue weighted by Gasteiger charge is -2.40. The Kier molecular flexibility index (Phi) is 6.37. The topological polar surface area (TPSA) is 123 Å². The van der Waals surface area contributed by atoms with Gasteiger partial charge >= 0.3 is 11.9 Å². The molecule has 8 nitrogen and oxygen atoms in total. The number of hydrogen-bond acceptors (Lipinski definition) is 8. The third-order valence-electron chi connectivity index (χ3n) is 3.51. The molecule has 0 bridgehead atoms. The van der Waals surface area contributed by atoms with Crippen LogP contribution in [-0.2, 0) is 23.8 Å². The molecule has 0 aromatic heterocycles. The second-order valence-electron chi connectivity index (χ2n) is 8.01. The highest BCUT2D eigenvalue weighted by atomic mass is 16.7. The quantitative estimate of drug-likeness (QED) is 0.608. The van der Waals surface area contributed by atoms with E-state index in [0.29, 0.717) is 0 Å². The van der Waals surface area contributed by atoms with Crippen molar-refractivity contribution < 1.29 is 39.1 Å². The number of carbonyl (C=O) groups is 2. The van der Waals surface area contributed by atoms with Crippen molar-refractivity contribution in [3.63, 3.8) is 0 Å². The van der Waals surface area contributed by atoms with Crippen LogP contribution in [0.1, 0.15) is 41.5 Å². The minimum atomic E-state index is -1.68. The summed E-state index contributed by atoms with van der Waals surface area (Å²) in [5.74, 6) is -1.16. The van der Waals surface area contributed by atoms with Gasteiger partial charge in [-0.15, -0.1) is 0 Å². The van der Waals surface area contributed by atoms with Crippen molar-refractivity contribution >= 4 is 11.9 Å². The summed E-state index contributed by atoms with van der Waals surface area (Å²) in [6.07, 6.45) is -7.26. The van der Waals surface area contributed by atoms with Crippen LogP contribution in [-0.4, -0.2) is 64.6 Å². The largest absolute Gasteiger partial charge is 0.462 e. The zero-order chi connectivity index (χ0) is 18.9. The summed E-state index contributed by atoms with van der Waals surface area (Å²) < 4.78 is 15.3. The molecule has 0 unspecified atom stereocenters. The van der Waals surface area contributed by atoms with Crippen molar-refractivity contribution in [2.24, 2.45) is 10.8 Å². The Labute approximate surface area is 141 Å². The van der Waals surface area contributed by atoms with Crippen LogP contribution < -0.4 is 0 Å². The average molecular weight is 348 g/mol. The molecule has 0 aromatic rings. The maximum Gasteiger partial charge on any atom is 0.311 e. The highest BCUT2D eigenvalue weighted by Gasteiger charge is 2.47. The summed E-state index contributed by atoms with van der Waals surface area (Å²) in [5, 5.41) is 30.0. The summed E-state index contributed by atoms with van der Waals surface area (Å²) in [6, 6.07) is 0. The smallest absolute Gasteiger partial charge is 0.311 e. The minimum Gasteiger partial charge on any atom is -0.462 e. The van der Waals surface area contributed by atoms with Crippen LogP contribution in [0.2, 0.25) is 0 Å². The van der Waals surface area contributed by atoms with Gasteiger partial charge in [0.15, 0.2) is 12.4 Å². The van der Waals surface area contributed by atoms with Gasteiger partial charge in [0.05, 0.1) is 10.8 Å². The van der Waals surface area contributed by atoms with Gasteiger partial charge < -0.3 is 29.5 Å². The monoisotopic (exact) mass is 348 g/mol. The van der Waals surface area contributed by atoms with E-state index in [-0.39, 0.29) is 6.61 Å². The highest BCUT2D eigenvalue weighted by molar-refractivity contribution is 5.76. The lowest BCUT2D eigenvalue weighted by molar-refractivity contribution is -0.292. The van der Waals surface area contributed by atoms with Crippen LogP contribution >= 0.6 is 0 Å². The fourth-order valence-corrected chi connectivity index (χ4v) is 1.87. The first-order valence-electron chi connectivity index (χ1n) is 7.83. The maximum absolute atomic E-state index is 12.0. The number of aliphatic hydroxyl groups excluding tert-OH is 3. The number of esters is 2. The molecular formula is C16H28O8. The normalized spacial score (nSPS) is 31.5. The SMILES string of the molecule is CC(C)(C)C(=O)OC[C@H]1O[C@H](O)[C@@H](O)[C@@H](OC(=O)C(C)(C)C)[C@@H]1O. The number of hydrogen-bond donors (Lipinski definition) is 3. The molecule has 0 spiro atoms. The van der Waals surface area contributed by atoms with Gasteiger partial charge in [0.2, 0.25) is 0 Å². The Morgan fingerprint density at radius 1 is 0.917 bits per heavy atom. The summed E-state index contributed by atoms with van der Waals surface area (Å²) in [5.41, 5.74) is -1.59. The second kappa shape index (κ2) is 7.35. The Hall–Kier alpha value is -1.22. The van der Waals surface area contributed by atoms with E-state index in [0.717, 1.165) is 0 Å². The lowest BCUT2D eigenvalue weighted by Crippen LogP contribution is -2.60. The van der Waals surface area contributed by atoms with Gasteiger partial charge in [0, 0.05) is 0 Å². The zero-order valence-electron chi connectivity index (χ0n) is 15.0. The van der Waals surface area contributed by atoms with Gasteiger partial charge in [0.1, 0.15) is 24.9 Å². The van der Waals surface area contributed by atoms with E-state index in [9.17, 15) is 24.9 Å². The molecule has 0 aliphatic carbocycles. The third-order valence-corrected chi connectivity index (χ3v) is 3.51. The molecule has 0 radical (unpaired) electrons. The van der Waals surface area contributed by atoms with Crippen molar-refractivity contribution in [1.82, 2.24) is 0 Å². The second-order valence-corrected chi connectivity index (χ2v) is 8.01. The number of ether oxygens (including phenoxy) is 3. The fraction of sp³-hybridized carbons (Fsp3) is 0.875. The lowest BCUT2D eigenvalue weighted by atomic mass is 9.95. The molecule has 1 fully saturated rings. The molecule has 1 aliphatic rings. The molecule has 24 heavy (non-hydrogen) atoms. The number of aliphatic hydroxyl groups is 3. The van der Waals surface area contributed by atoms with E-state index < -0.39 is 53.5 Å². The van der Waals surface area contributed by atoms with E-state index in [1.54, 1.807) is 41.5 Å². The van der Waals surface area contributed by atoms with Gasteiger partial charge in [-0.25, -0.2) is 0 Å². The molecular weight excluding hydrogens is 320 g/mol. The van der Waals surface area contributed by atoms with Crippen LogP contribution in [0.5, 0.6) is 0 Å². The Balaban J connectivity index is 2.79. The Morgan fingerprint density at radius 2 is 1.42 bits per heavy atom. The van der Waals surface area contributed by atoms with E-state index >= 15 is 0 Å². The molecule has 8 heteroatoms. The first kappa shape index (κ1) is 20.8. The minimum absolute atomic E-state index is 0.343. The van der Waals surface area contributed by atoms with Crippen molar-refractivity contribution in [3.8, 4) is 0 Å². The summed E-state index contributed by atoms with van der Waals surface area (Å²) in [7, 11) is 0. The Bertz CT molecular complexity index is 462. The number of rotatable bonds is 3. The summed E-state index contributed by atoms with van der Waals surface area (Å²) in [4.78, 5) is 23.8. The van der Waals surface area contributed by atoms with E-state index in [1.165, 1.54) is 0 Å². The first-order valence-corrected chi connectivity index (χ1v) is 7.83. The third kappa shape index (κ3) is 5.14. The predicted molar refractivity (Wildman–Crippen MR) is 82.6 cm³/mol. The van der Waals surface area contributed by atoms with Gasteiger partial charge in [-0.1, -0.05) is 0 Å². The maximum atomic E-state index is 12.0. The van der Waals surface area contributed by atoms with Gasteiger partial charge in [0.25, 0.3) is 0 Å². The van der Waals surface area contributed by atoms with E-state index in [1.807, 2.05) is 0 Å². The molecule has 5 atom stereocenters. The zero-order valence-corrected chi connectivity index (χ0v) is 15.0. The first-order chi connectivity index (χ1) is 10.7. The molecule has 1 rings (SSSR count). The molecule has 140 valence electrons. The van der Waals surface area contributed by atoms with Gasteiger partial charge in [-0.3, -0.25) is 9.59 Å². The molecule has 1 aliphatic heterocycles. The molecule has 1 saturated heterocycles. The number of carbonyl (C=O) groups excluding carboxylic acids is 2. The van der Waals surface area contributed by atoms with Crippen molar-refractivity contribution in [2.45, 2.75) is 72.2 Å². The van der Waals surface area contributed by atoms with Crippen LogP contribution in [0.25, 0.3) is 0 Å². The molecule has 3 N–H and O–H groups in total. The highest BCUT2D eigenvalue weighted by Crippen LogP contribution is 2.26. The van der Waals surface area contributed by atoms with Crippen molar-refractivity contribution in [3.05, 3.63) is 0 Å².